The standard InChI is InChI=1S/C25H32N6O3/c1-5-31(24(32)34-25(2,3)4)30-19-13-11-18(12-14-19)21-20(28-23(27)29-22(21)26)16-33-15-17-9-7-6-8-10-17/h6-14,30H,5,15-16H2,1-4H3,(H4,26,27,28,29). The Bertz CT molecular complexity index is 1100. The number of amides is 1. The summed E-state index contributed by atoms with van der Waals surface area (Å²) in [6.07, 6.45) is -0.451. The van der Waals surface area contributed by atoms with Crippen LogP contribution in [0.5, 0.6) is 0 Å². The Kier molecular flexibility index (Phi) is 7.91. The van der Waals surface area contributed by atoms with E-state index in [2.05, 4.69) is 15.4 Å². The Morgan fingerprint density at radius 2 is 1.68 bits per heavy atom. The third kappa shape index (κ3) is 6.82. The number of aromatic nitrogens is 2. The van der Waals surface area contributed by atoms with E-state index in [1.807, 2.05) is 82.3 Å². The Hall–Kier alpha value is -3.85. The van der Waals surface area contributed by atoms with E-state index in [-0.39, 0.29) is 18.4 Å². The molecule has 1 aromatic heterocycles. The highest BCUT2D eigenvalue weighted by Gasteiger charge is 2.21. The maximum Gasteiger partial charge on any atom is 0.429 e. The van der Waals surface area contributed by atoms with Gasteiger partial charge in [0.2, 0.25) is 5.95 Å². The second-order valence-corrected chi connectivity index (χ2v) is 8.68. The van der Waals surface area contributed by atoms with E-state index in [0.29, 0.717) is 30.1 Å². The van der Waals surface area contributed by atoms with Crippen molar-refractivity contribution in [3.63, 3.8) is 0 Å². The first-order chi connectivity index (χ1) is 16.2. The average molecular weight is 465 g/mol. The molecule has 0 saturated carbocycles. The highest BCUT2D eigenvalue weighted by Crippen LogP contribution is 2.30. The Morgan fingerprint density at radius 3 is 2.29 bits per heavy atom. The van der Waals surface area contributed by atoms with Gasteiger partial charge in [0.15, 0.2) is 0 Å². The summed E-state index contributed by atoms with van der Waals surface area (Å²) >= 11 is 0. The summed E-state index contributed by atoms with van der Waals surface area (Å²) in [6.45, 7) is 8.43. The van der Waals surface area contributed by atoms with Gasteiger partial charge >= 0.3 is 6.09 Å². The van der Waals surface area contributed by atoms with Gasteiger partial charge in [0.1, 0.15) is 11.4 Å². The zero-order valence-corrected chi connectivity index (χ0v) is 20.0. The lowest BCUT2D eigenvalue weighted by molar-refractivity contribution is 0.0306. The van der Waals surface area contributed by atoms with E-state index in [0.717, 1.165) is 11.1 Å². The lowest BCUT2D eigenvalue weighted by Gasteiger charge is -2.27. The molecule has 0 aliphatic rings. The number of rotatable bonds is 8. The molecule has 0 radical (unpaired) electrons. The lowest BCUT2D eigenvalue weighted by atomic mass is 10.0. The fraction of sp³-hybridized carbons (Fsp3) is 0.320. The van der Waals surface area contributed by atoms with Crippen LogP contribution in [0.15, 0.2) is 54.6 Å². The molecule has 1 heterocycles. The number of nitrogens with zero attached hydrogens (tertiary/aromatic N) is 3. The largest absolute Gasteiger partial charge is 0.442 e. The van der Waals surface area contributed by atoms with Crippen molar-refractivity contribution >= 4 is 23.5 Å². The minimum Gasteiger partial charge on any atom is -0.442 e. The number of anilines is 3. The van der Waals surface area contributed by atoms with E-state index < -0.39 is 11.7 Å². The molecule has 0 fully saturated rings. The molecule has 0 unspecified atom stereocenters. The number of nitrogen functional groups attached to an aromatic ring is 2. The van der Waals surface area contributed by atoms with Crippen LogP contribution in [0.1, 0.15) is 39.0 Å². The van der Waals surface area contributed by atoms with Gasteiger partial charge in [-0.1, -0.05) is 42.5 Å². The van der Waals surface area contributed by atoms with Gasteiger partial charge in [0.05, 0.1) is 24.6 Å². The predicted molar refractivity (Wildman–Crippen MR) is 133 cm³/mol. The molecular formula is C25H32N6O3. The SMILES string of the molecule is CCN(Nc1ccc(-c2c(N)nc(N)nc2COCc2ccccc2)cc1)C(=O)OC(C)(C)C. The van der Waals surface area contributed by atoms with Crippen molar-refractivity contribution in [1.82, 2.24) is 15.0 Å². The van der Waals surface area contributed by atoms with Crippen LogP contribution in [0.25, 0.3) is 11.1 Å². The van der Waals surface area contributed by atoms with Gasteiger partial charge in [-0.15, -0.1) is 0 Å². The Morgan fingerprint density at radius 1 is 1.00 bits per heavy atom. The molecule has 0 bridgehead atoms. The summed E-state index contributed by atoms with van der Waals surface area (Å²) in [4.78, 5) is 20.9. The number of carbonyl (C=O) groups is 1. The Balaban J connectivity index is 1.75. The molecule has 9 heteroatoms. The zero-order chi connectivity index (χ0) is 24.7. The summed E-state index contributed by atoms with van der Waals surface area (Å²) in [7, 11) is 0. The van der Waals surface area contributed by atoms with Gasteiger partial charge in [0, 0.05) is 12.1 Å². The molecule has 0 atom stereocenters. The van der Waals surface area contributed by atoms with Crippen LogP contribution in [-0.4, -0.2) is 33.2 Å². The number of hydrogen-bond acceptors (Lipinski definition) is 8. The summed E-state index contributed by atoms with van der Waals surface area (Å²) in [5, 5.41) is 1.41. The van der Waals surface area contributed by atoms with Crippen LogP contribution in [0.2, 0.25) is 0 Å². The summed E-state index contributed by atoms with van der Waals surface area (Å²) < 4.78 is 11.3. The lowest BCUT2D eigenvalue weighted by Crippen LogP contribution is -2.40. The second kappa shape index (κ2) is 10.8. The van der Waals surface area contributed by atoms with Crippen LogP contribution in [-0.2, 0) is 22.7 Å². The number of hydrazine groups is 1. The maximum atomic E-state index is 12.4. The average Bonchev–Trinajstić information content (AvgIpc) is 2.77. The van der Waals surface area contributed by atoms with Crippen LogP contribution >= 0.6 is 0 Å². The molecule has 0 spiro atoms. The van der Waals surface area contributed by atoms with Gasteiger partial charge in [0.25, 0.3) is 0 Å². The van der Waals surface area contributed by atoms with E-state index >= 15 is 0 Å². The smallest absolute Gasteiger partial charge is 0.429 e. The molecule has 0 aliphatic carbocycles. The third-order valence-corrected chi connectivity index (χ3v) is 4.75. The van der Waals surface area contributed by atoms with Crippen LogP contribution in [0, 0.1) is 0 Å². The molecule has 34 heavy (non-hydrogen) atoms. The van der Waals surface area contributed by atoms with E-state index in [1.54, 1.807) is 0 Å². The molecule has 0 saturated heterocycles. The van der Waals surface area contributed by atoms with Crippen molar-refractivity contribution in [2.45, 2.75) is 46.5 Å². The number of nitrogens with one attached hydrogen (secondary N) is 1. The molecule has 1 amide bonds. The highest BCUT2D eigenvalue weighted by molar-refractivity contribution is 5.78. The topological polar surface area (TPSA) is 129 Å². The first kappa shape index (κ1) is 24.8. The van der Waals surface area contributed by atoms with Crippen LogP contribution < -0.4 is 16.9 Å². The molecule has 3 rings (SSSR count). The first-order valence-electron chi connectivity index (χ1n) is 11.1. The van der Waals surface area contributed by atoms with Gasteiger partial charge in [-0.25, -0.2) is 14.8 Å². The zero-order valence-electron chi connectivity index (χ0n) is 20.0. The number of carbonyl (C=O) groups excluding carboxylic acids is 1. The Labute approximate surface area is 200 Å². The van der Waals surface area contributed by atoms with Crippen LogP contribution in [0.3, 0.4) is 0 Å². The number of hydrogen-bond donors (Lipinski definition) is 3. The van der Waals surface area contributed by atoms with Crippen molar-refractivity contribution in [3.05, 3.63) is 65.9 Å². The van der Waals surface area contributed by atoms with Crippen molar-refractivity contribution in [1.29, 1.82) is 0 Å². The quantitative estimate of drug-likeness (QED) is 0.412. The monoisotopic (exact) mass is 464 g/mol. The predicted octanol–water partition coefficient (Wildman–Crippen LogP) is 4.61. The number of benzene rings is 2. The van der Waals surface area contributed by atoms with Crippen LogP contribution in [0.4, 0.5) is 22.2 Å². The number of nitrogens with two attached hydrogens (primary N) is 2. The number of ether oxygens (including phenoxy) is 2. The molecule has 9 nitrogen and oxygen atoms in total. The van der Waals surface area contributed by atoms with Gasteiger partial charge in [-0.2, -0.15) is 4.98 Å². The van der Waals surface area contributed by atoms with Gasteiger partial charge < -0.3 is 20.9 Å². The molecule has 0 aliphatic heterocycles. The molecule has 180 valence electrons. The van der Waals surface area contributed by atoms with Crippen molar-refractivity contribution < 1.29 is 14.3 Å². The van der Waals surface area contributed by atoms with E-state index in [1.165, 1.54) is 5.01 Å². The minimum absolute atomic E-state index is 0.0915. The normalized spacial score (nSPS) is 11.2. The van der Waals surface area contributed by atoms with Crippen molar-refractivity contribution in [3.8, 4) is 11.1 Å². The first-order valence-corrected chi connectivity index (χ1v) is 11.1. The molecule has 5 N–H and O–H groups in total. The van der Waals surface area contributed by atoms with Crippen molar-refractivity contribution in [2.75, 3.05) is 23.4 Å². The van der Waals surface area contributed by atoms with Gasteiger partial charge in [-0.3, -0.25) is 5.43 Å². The fourth-order valence-electron chi connectivity index (χ4n) is 3.24. The summed E-state index contributed by atoms with van der Waals surface area (Å²) in [5.74, 6) is 0.365. The highest BCUT2D eigenvalue weighted by atomic mass is 16.6. The summed E-state index contributed by atoms with van der Waals surface area (Å²) in [6, 6.07) is 17.3. The third-order valence-electron chi connectivity index (χ3n) is 4.75. The molecular weight excluding hydrogens is 432 g/mol. The van der Waals surface area contributed by atoms with Gasteiger partial charge in [-0.05, 0) is 51.0 Å². The second-order valence-electron chi connectivity index (χ2n) is 8.68. The minimum atomic E-state index is -0.582. The van der Waals surface area contributed by atoms with E-state index in [9.17, 15) is 4.79 Å². The summed E-state index contributed by atoms with van der Waals surface area (Å²) in [5.41, 5.74) is 18.4. The maximum absolute atomic E-state index is 12.4. The fourth-order valence-corrected chi connectivity index (χ4v) is 3.24. The van der Waals surface area contributed by atoms with E-state index in [4.69, 9.17) is 20.9 Å². The molecule has 2 aromatic carbocycles. The van der Waals surface area contributed by atoms with Crippen molar-refractivity contribution in [2.24, 2.45) is 0 Å². The molecule has 3 aromatic rings.